The second-order valence-electron chi connectivity index (χ2n) is 3.83. The summed E-state index contributed by atoms with van der Waals surface area (Å²) in [7, 11) is 3.62. The summed E-state index contributed by atoms with van der Waals surface area (Å²) in [6.45, 7) is 2.53. The SMILES string of the molecule is CCCOc1cc(NN(C)C)cc([N+](=O)[O-])c1. The van der Waals surface area contributed by atoms with Crippen molar-refractivity contribution < 1.29 is 9.66 Å². The van der Waals surface area contributed by atoms with E-state index in [1.807, 2.05) is 21.0 Å². The second kappa shape index (κ2) is 6.05. The molecule has 1 rings (SSSR count). The average Bonchev–Trinajstić information content (AvgIpc) is 2.25. The molecule has 0 amide bonds. The molecule has 1 aromatic rings. The van der Waals surface area contributed by atoms with Crippen LogP contribution in [0, 0.1) is 10.1 Å². The molecule has 6 nitrogen and oxygen atoms in total. The third kappa shape index (κ3) is 4.28. The van der Waals surface area contributed by atoms with Gasteiger partial charge in [0.2, 0.25) is 0 Å². The molecule has 0 saturated carbocycles. The van der Waals surface area contributed by atoms with Crippen LogP contribution >= 0.6 is 0 Å². The topological polar surface area (TPSA) is 67.6 Å². The number of nitro benzene ring substituents is 1. The summed E-state index contributed by atoms with van der Waals surface area (Å²) < 4.78 is 5.41. The van der Waals surface area contributed by atoms with Crippen LogP contribution in [0.25, 0.3) is 0 Å². The molecule has 0 radical (unpaired) electrons. The number of non-ortho nitro benzene ring substituents is 1. The maximum absolute atomic E-state index is 10.8. The van der Waals surface area contributed by atoms with Crippen molar-refractivity contribution in [1.82, 2.24) is 5.01 Å². The van der Waals surface area contributed by atoms with Gasteiger partial charge in [-0.05, 0) is 6.42 Å². The normalized spacial score (nSPS) is 10.4. The summed E-state index contributed by atoms with van der Waals surface area (Å²) >= 11 is 0. The number of hydrogen-bond donors (Lipinski definition) is 1. The number of nitrogens with one attached hydrogen (secondary N) is 1. The Morgan fingerprint density at radius 2 is 2.12 bits per heavy atom. The highest BCUT2D eigenvalue weighted by Crippen LogP contribution is 2.26. The summed E-state index contributed by atoms with van der Waals surface area (Å²) in [6, 6.07) is 4.64. The Balaban J connectivity index is 2.96. The molecule has 0 saturated heterocycles. The maximum atomic E-state index is 10.8. The molecular formula is C11H17N3O3. The van der Waals surface area contributed by atoms with E-state index in [0.29, 0.717) is 18.0 Å². The highest BCUT2D eigenvalue weighted by molar-refractivity contribution is 5.55. The van der Waals surface area contributed by atoms with Gasteiger partial charge in [0, 0.05) is 26.2 Å². The van der Waals surface area contributed by atoms with Crippen molar-refractivity contribution in [3.8, 4) is 5.75 Å². The Morgan fingerprint density at radius 3 is 2.65 bits per heavy atom. The molecular weight excluding hydrogens is 222 g/mol. The van der Waals surface area contributed by atoms with Gasteiger partial charge >= 0.3 is 0 Å². The number of nitro groups is 1. The average molecular weight is 239 g/mol. The van der Waals surface area contributed by atoms with Crippen LogP contribution in [0.5, 0.6) is 5.75 Å². The van der Waals surface area contributed by atoms with Gasteiger partial charge < -0.3 is 10.2 Å². The second-order valence-corrected chi connectivity index (χ2v) is 3.83. The molecule has 0 aliphatic carbocycles. The zero-order valence-electron chi connectivity index (χ0n) is 10.3. The third-order valence-electron chi connectivity index (χ3n) is 1.93. The number of anilines is 1. The van der Waals surface area contributed by atoms with Gasteiger partial charge in [-0.2, -0.15) is 0 Å². The highest BCUT2D eigenvalue weighted by Gasteiger charge is 2.10. The van der Waals surface area contributed by atoms with E-state index in [-0.39, 0.29) is 5.69 Å². The fourth-order valence-electron chi connectivity index (χ4n) is 1.31. The van der Waals surface area contributed by atoms with Crippen molar-refractivity contribution in [2.45, 2.75) is 13.3 Å². The van der Waals surface area contributed by atoms with Crippen molar-refractivity contribution in [1.29, 1.82) is 0 Å². The summed E-state index contributed by atoms with van der Waals surface area (Å²) in [5, 5.41) is 12.5. The van der Waals surface area contributed by atoms with Crippen molar-refractivity contribution >= 4 is 11.4 Å². The quantitative estimate of drug-likeness (QED) is 0.609. The zero-order chi connectivity index (χ0) is 12.8. The first kappa shape index (κ1) is 13.2. The fourth-order valence-corrected chi connectivity index (χ4v) is 1.31. The van der Waals surface area contributed by atoms with Gasteiger partial charge in [0.15, 0.2) is 0 Å². The Kier molecular flexibility index (Phi) is 4.71. The zero-order valence-corrected chi connectivity index (χ0v) is 10.3. The minimum Gasteiger partial charge on any atom is -0.493 e. The van der Waals surface area contributed by atoms with Crippen LogP contribution in [-0.4, -0.2) is 30.6 Å². The molecule has 0 fully saturated rings. The predicted octanol–water partition coefficient (Wildman–Crippen LogP) is 2.27. The largest absolute Gasteiger partial charge is 0.493 e. The van der Waals surface area contributed by atoms with E-state index >= 15 is 0 Å². The Morgan fingerprint density at radius 1 is 1.41 bits per heavy atom. The number of hydrazine groups is 1. The minimum absolute atomic E-state index is 0.0166. The molecule has 0 aliphatic heterocycles. The summed E-state index contributed by atoms with van der Waals surface area (Å²) in [5.74, 6) is 0.505. The van der Waals surface area contributed by atoms with Crippen LogP contribution in [0.4, 0.5) is 11.4 Å². The van der Waals surface area contributed by atoms with Crippen LogP contribution in [0.2, 0.25) is 0 Å². The van der Waals surface area contributed by atoms with E-state index < -0.39 is 4.92 Å². The standard InChI is InChI=1S/C11H17N3O3/c1-4-5-17-11-7-9(12-13(2)3)6-10(8-11)14(15)16/h6-8,12H,4-5H2,1-3H3. The molecule has 0 heterocycles. The van der Waals surface area contributed by atoms with E-state index in [0.717, 1.165) is 6.42 Å². The Bertz CT molecular complexity index is 394. The van der Waals surface area contributed by atoms with Crippen LogP contribution in [0.1, 0.15) is 13.3 Å². The Hall–Kier alpha value is -1.82. The Labute approximate surface area is 100 Å². The van der Waals surface area contributed by atoms with Gasteiger partial charge in [-0.15, -0.1) is 0 Å². The number of rotatable bonds is 6. The number of nitrogens with zero attached hydrogens (tertiary/aromatic N) is 2. The number of benzene rings is 1. The summed E-state index contributed by atoms with van der Waals surface area (Å²) in [6.07, 6.45) is 0.860. The van der Waals surface area contributed by atoms with Gasteiger partial charge in [-0.1, -0.05) is 6.92 Å². The van der Waals surface area contributed by atoms with E-state index in [4.69, 9.17) is 4.74 Å². The van der Waals surface area contributed by atoms with Crippen LogP contribution in [-0.2, 0) is 0 Å². The summed E-state index contributed by atoms with van der Waals surface area (Å²) in [5.41, 5.74) is 3.62. The molecule has 1 aromatic carbocycles. The van der Waals surface area contributed by atoms with Crippen molar-refractivity contribution in [3.05, 3.63) is 28.3 Å². The first-order valence-corrected chi connectivity index (χ1v) is 5.39. The lowest BCUT2D eigenvalue weighted by molar-refractivity contribution is -0.384. The minimum atomic E-state index is -0.431. The highest BCUT2D eigenvalue weighted by atomic mass is 16.6. The van der Waals surface area contributed by atoms with E-state index in [9.17, 15) is 10.1 Å². The first-order chi connectivity index (χ1) is 8.02. The van der Waals surface area contributed by atoms with Crippen LogP contribution in [0.15, 0.2) is 18.2 Å². The van der Waals surface area contributed by atoms with E-state index in [1.165, 1.54) is 12.1 Å². The molecule has 0 aromatic heterocycles. The molecule has 0 spiro atoms. The fraction of sp³-hybridized carbons (Fsp3) is 0.455. The van der Waals surface area contributed by atoms with Crippen molar-refractivity contribution in [3.63, 3.8) is 0 Å². The molecule has 0 atom stereocenters. The lowest BCUT2D eigenvalue weighted by Crippen LogP contribution is -2.19. The third-order valence-corrected chi connectivity index (χ3v) is 1.93. The van der Waals surface area contributed by atoms with Crippen LogP contribution < -0.4 is 10.2 Å². The molecule has 0 aliphatic rings. The maximum Gasteiger partial charge on any atom is 0.275 e. The van der Waals surface area contributed by atoms with Crippen molar-refractivity contribution in [2.24, 2.45) is 0 Å². The van der Waals surface area contributed by atoms with E-state index in [2.05, 4.69) is 5.43 Å². The van der Waals surface area contributed by atoms with Gasteiger partial charge in [0.05, 0.1) is 23.3 Å². The van der Waals surface area contributed by atoms with Crippen molar-refractivity contribution in [2.75, 3.05) is 26.1 Å². The van der Waals surface area contributed by atoms with E-state index in [1.54, 1.807) is 11.1 Å². The first-order valence-electron chi connectivity index (χ1n) is 5.39. The lowest BCUT2D eigenvalue weighted by Gasteiger charge is -2.14. The van der Waals surface area contributed by atoms with Gasteiger partial charge in [-0.3, -0.25) is 10.1 Å². The van der Waals surface area contributed by atoms with Gasteiger partial charge in [-0.25, -0.2) is 5.01 Å². The van der Waals surface area contributed by atoms with Gasteiger partial charge in [0.25, 0.3) is 5.69 Å². The number of hydrogen-bond acceptors (Lipinski definition) is 5. The number of ether oxygens (including phenoxy) is 1. The molecule has 94 valence electrons. The molecule has 17 heavy (non-hydrogen) atoms. The van der Waals surface area contributed by atoms with Crippen LogP contribution in [0.3, 0.4) is 0 Å². The summed E-state index contributed by atoms with van der Waals surface area (Å²) in [4.78, 5) is 10.3. The van der Waals surface area contributed by atoms with Gasteiger partial charge in [0.1, 0.15) is 5.75 Å². The lowest BCUT2D eigenvalue weighted by atomic mass is 10.2. The molecule has 6 heteroatoms. The molecule has 1 N–H and O–H groups in total. The molecule has 0 bridgehead atoms. The predicted molar refractivity (Wildman–Crippen MR) is 66.2 cm³/mol. The smallest absolute Gasteiger partial charge is 0.275 e. The monoisotopic (exact) mass is 239 g/mol. The molecule has 0 unspecified atom stereocenters.